The van der Waals surface area contributed by atoms with E-state index in [1.54, 1.807) is 23.2 Å². The minimum absolute atomic E-state index is 0.0705. The first-order valence-electron chi connectivity index (χ1n) is 11.4. The van der Waals surface area contributed by atoms with Gasteiger partial charge in [0.25, 0.3) is 5.91 Å². The van der Waals surface area contributed by atoms with Crippen molar-refractivity contribution in [3.05, 3.63) is 88.9 Å². The van der Waals surface area contributed by atoms with Gasteiger partial charge in [-0.15, -0.1) is 0 Å². The van der Waals surface area contributed by atoms with E-state index in [0.717, 1.165) is 16.7 Å². The highest BCUT2D eigenvalue weighted by Crippen LogP contribution is 2.27. The van der Waals surface area contributed by atoms with Crippen molar-refractivity contribution < 1.29 is 22.3 Å². The molecule has 1 unspecified atom stereocenters. The van der Waals surface area contributed by atoms with Crippen LogP contribution < -0.4 is 9.88 Å². The normalized spacial score (nSPS) is 15.0. The van der Waals surface area contributed by atoms with E-state index in [2.05, 4.69) is 18.8 Å². The first kappa shape index (κ1) is 26.3. The lowest BCUT2D eigenvalue weighted by atomic mass is 9.93. The SMILES string of the molecule is CCC.Cc1ccc(OCC2Cc3cc(F)ccc3CN2C(=O)c2ccc(S(N)(=O)=O)cc2)nc1. The summed E-state index contributed by atoms with van der Waals surface area (Å²) < 4.78 is 42.6. The third-order valence-corrected chi connectivity index (χ3v) is 6.33. The van der Waals surface area contributed by atoms with E-state index < -0.39 is 10.0 Å². The van der Waals surface area contributed by atoms with Crippen molar-refractivity contribution in [2.45, 2.75) is 51.1 Å². The molecule has 186 valence electrons. The second-order valence-corrected chi connectivity index (χ2v) is 10.0. The summed E-state index contributed by atoms with van der Waals surface area (Å²) in [6, 6.07) is 13.3. The molecule has 35 heavy (non-hydrogen) atoms. The number of halogens is 1. The van der Waals surface area contributed by atoms with Gasteiger partial charge in [0.1, 0.15) is 12.4 Å². The van der Waals surface area contributed by atoms with Gasteiger partial charge in [0.05, 0.1) is 10.9 Å². The number of sulfonamides is 1. The lowest BCUT2D eigenvalue weighted by Crippen LogP contribution is -2.47. The zero-order valence-corrected chi connectivity index (χ0v) is 20.9. The van der Waals surface area contributed by atoms with Crippen LogP contribution >= 0.6 is 0 Å². The van der Waals surface area contributed by atoms with Gasteiger partial charge in [0.2, 0.25) is 15.9 Å². The number of amides is 1. The molecule has 0 saturated carbocycles. The Hall–Kier alpha value is -3.30. The number of hydrogen-bond donors (Lipinski definition) is 1. The molecule has 0 aliphatic carbocycles. The molecule has 0 fully saturated rings. The van der Waals surface area contributed by atoms with E-state index in [9.17, 15) is 17.6 Å². The molecule has 9 heteroatoms. The van der Waals surface area contributed by atoms with Gasteiger partial charge in [-0.2, -0.15) is 0 Å². The third kappa shape index (κ3) is 6.86. The van der Waals surface area contributed by atoms with E-state index in [4.69, 9.17) is 9.88 Å². The monoisotopic (exact) mass is 499 g/mol. The maximum absolute atomic E-state index is 13.8. The number of ether oxygens (including phenoxy) is 1. The summed E-state index contributed by atoms with van der Waals surface area (Å²) in [5, 5.41) is 5.14. The van der Waals surface area contributed by atoms with E-state index in [0.29, 0.717) is 17.9 Å². The number of hydrogen-bond acceptors (Lipinski definition) is 5. The van der Waals surface area contributed by atoms with Gasteiger partial charge in [-0.05, 0) is 66.4 Å². The Kier molecular flexibility index (Phi) is 8.58. The molecule has 0 saturated heterocycles. The van der Waals surface area contributed by atoms with E-state index in [1.165, 1.54) is 42.8 Å². The summed E-state index contributed by atoms with van der Waals surface area (Å²) in [7, 11) is -3.85. The molecule has 1 amide bonds. The number of carbonyl (C=O) groups excluding carboxylic acids is 1. The van der Waals surface area contributed by atoms with Crippen molar-refractivity contribution in [3.8, 4) is 5.88 Å². The maximum Gasteiger partial charge on any atom is 0.254 e. The summed E-state index contributed by atoms with van der Waals surface area (Å²) in [6.07, 6.45) is 3.36. The van der Waals surface area contributed by atoms with Crippen molar-refractivity contribution in [2.75, 3.05) is 6.61 Å². The minimum atomic E-state index is -3.85. The number of nitrogens with zero attached hydrogens (tertiary/aromatic N) is 2. The van der Waals surface area contributed by atoms with Crippen molar-refractivity contribution in [1.29, 1.82) is 0 Å². The topological polar surface area (TPSA) is 103 Å². The van der Waals surface area contributed by atoms with E-state index >= 15 is 0 Å². The van der Waals surface area contributed by atoms with Gasteiger partial charge in [-0.25, -0.2) is 22.9 Å². The summed E-state index contributed by atoms with van der Waals surface area (Å²) >= 11 is 0. The van der Waals surface area contributed by atoms with Crippen LogP contribution in [0.5, 0.6) is 5.88 Å². The number of carbonyl (C=O) groups is 1. The molecule has 1 aliphatic rings. The van der Waals surface area contributed by atoms with Crippen LogP contribution in [-0.4, -0.2) is 36.9 Å². The fraction of sp³-hybridized carbons (Fsp3) is 0.308. The molecule has 2 heterocycles. The molecule has 1 aromatic heterocycles. The Morgan fingerprint density at radius 2 is 1.80 bits per heavy atom. The molecular formula is C26H30FN3O4S. The standard InChI is InChI=1S/C23H22FN3O4S.C3H8/c1-15-2-9-22(26-12-15)31-14-20-11-18-10-19(24)6-3-17(18)13-27(20)23(28)16-4-7-21(8-5-16)32(25,29)30;1-3-2/h2-10,12,20H,11,13-14H2,1H3,(H2,25,29,30);3H2,1-2H3. The van der Waals surface area contributed by atoms with Crippen LogP contribution in [0.3, 0.4) is 0 Å². The number of fused-ring (bicyclic) bond motifs is 1. The molecule has 4 rings (SSSR count). The van der Waals surface area contributed by atoms with Crippen LogP contribution in [-0.2, 0) is 23.0 Å². The van der Waals surface area contributed by atoms with Crippen molar-refractivity contribution in [1.82, 2.24) is 9.88 Å². The van der Waals surface area contributed by atoms with Crippen LogP contribution in [0, 0.1) is 12.7 Å². The molecule has 1 atom stereocenters. The maximum atomic E-state index is 13.8. The summed E-state index contributed by atoms with van der Waals surface area (Å²) in [4.78, 5) is 19.1. The Balaban J connectivity index is 0.00000108. The molecule has 0 radical (unpaired) electrons. The van der Waals surface area contributed by atoms with Crippen LogP contribution in [0.15, 0.2) is 65.7 Å². The summed E-state index contributed by atoms with van der Waals surface area (Å²) in [5.41, 5.74) is 3.00. The Morgan fingerprint density at radius 1 is 1.11 bits per heavy atom. The van der Waals surface area contributed by atoms with Gasteiger partial charge in [-0.1, -0.05) is 32.4 Å². The van der Waals surface area contributed by atoms with Gasteiger partial charge in [-0.3, -0.25) is 4.79 Å². The fourth-order valence-corrected chi connectivity index (χ4v) is 4.19. The highest BCUT2D eigenvalue weighted by atomic mass is 32.2. The molecule has 2 aromatic carbocycles. The number of primary sulfonamides is 1. The lowest BCUT2D eigenvalue weighted by Gasteiger charge is -2.37. The van der Waals surface area contributed by atoms with Crippen molar-refractivity contribution >= 4 is 15.9 Å². The van der Waals surface area contributed by atoms with E-state index in [-0.39, 0.29) is 35.8 Å². The van der Waals surface area contributed by atoms with Crippen LogP contribution in [0.25, 0.3) is 0 Å². The number of rotatable bonds is 5. The minimum Gasteiger partial charge on any atom is -0.475 e. The number of pyridine rings is 1. The first-order chi connectivity index (χ1) is 16.6. The molecule has 7 nitrogen and oxygen atoms in total. The van der Waals surface area contributed by atoms with Crippen molar-refractivity contribution in [2.24, 2.45) is 5.14 Å². The van der Waals surface area contributed by atoms with Gasteiger partial charge in [0.15, 0.2) is 0 Å². The van der Waals surface area contributed by atoms with Crippen LogP contribution in [0.2, 0.25) is 0 Å². The Labute approximate surface area is 205 Å². The lowest BCUT2D eigenvalue weighted by molar-refractivity contribution is 0.0562. The Bertz CT molecular complexity index is 1260. The molecule has 2 N–H and O–H groups in total. The molecule has 0 spiro atoms. The molecular weight excluding hydrogens is 469 g/mol. The third-order valence-electron chi connectivity index (χ3n) is 5.40. The van der Waals surface area contributed by atoms with Gasteiger partial charge in [0, 0.05) is 24.4 Å². The Morgan fingerprint density at radius 3 is 2.40 bits per heavy atom. The highest BCUT2D eigenvalue weighted by molar-refractivity contribution is 7.89. The second kappa shape index (κ2) is 11.4. The molecule has 1 aliphatic heterocycles. The van der Waals surface area contributed by atoms with Gasteiger partial charge < -0.3 is 9.64 Å². The molecule has 0 bridgehead atoms. The van der Waals surface area contributed by atoms with Gasteiger partial charge >= 0.3 is 0 Å². The smallest absolute Gasteiger partial charge is 0.254 e. The number of aromatic nitrogens is 1. The summed E-state index contributed by atoms with van der Waals surface area (Å²) in [5.74, 6) is -0.182. The largest absolute Gasteiger partial charge is 0.475 e. The van der Waals surface area contributed by atoms with E-state index in [1.807, 2.05) is 13.0 Å². The zero-order chi connectivity index (χ0) is 25.6. The average Bonchev–Trinajstić information content (AvgIpc) is 2.82. The zero-order valence-electron chi connectivity index (χ0n) is 20.1. The first-order valence-corrected chi connectivity index (χ1v) is 12.9. The fourth-order valence-electron chi connectivity index (χ4n) is 3.68. The summed E-state index contributed by atoms with van der Waals surface area (Å²) in [6.45, 7) is 6.62. The predicted octanol–water partition coefficient (Wildman–Crippen LogP) is 4.24. The number of nitrogens with two attached hydrogens (primary N) is 1. The second-order valence-electron chi connectivity index (χ2n) is 8.47. The van der Waals surface area contributed by atoms with Crippen LogP contribution in [0.1, 0.15) is 47.3 Å². The number of aryl methyl sites for hydroxylation is 1. The number of benzene rings is 2. The highest BCUT2D eigenvalue weighted by Gasteiger charge is 2.31. The van der Waals surface area contributed by atoms with Crippen LogP contribution in [0.4, 0.5) is 4.39 Å². The average molecular weight is 500 g/mol. The quantitative estimate of drug-likeness (QED) is 0.566. The predicted molar refractivity (Wildman–Crippen MR) is 132 cm³/mol. The molecule has 3 aromatic rings. The van der Waals surface area contributed by atoms with Crippen molar-refractivity contribution in [3.63, 3.8) is 0 Å².